The summed E-state index contributed by atoms with van der Waals surface area (Å²) in [5.41, 5.74) is 2.65. The highest BCUT2D eigenvalue weighted by Crippen LogP contribution is 2.31. The molecule has 0 aliphatic carbocycles. The lowest BCUT2D eigenvalue weighted by atomic mass is 9.75. The van der Waals surface area contributed by atoms with Crippen LogP contribution in [0, 0.1) is 11.3 Å². The van der Waals surface area contributed by atoms with Crippen LogP contribution in [-0.4, -0.2) is 38.4 Å². The molecular formula is C14H29NO5. The van der Waals surface area contributed by atoms with Gasteiger partial charge in [-0.05, 0) is 40.0 Å². The molecule has 0 bridgehead atoms. The van der Waals surface area contributed by atoms with E-state index in [1.807, 2.05) is 0 Å². The molecule has 0 aliphatic rings. The highest BCUT2D eigenvalue weighted by atomic mass is 16.4. The predicted octanol–water partition coefficient (Wildman–Crippen LogP) is 1.70. The van der Waals surface area contributed by atoms with Gasteiger partial charge in [0, 0.05) is 5.54 Å². The van der Waals surface area contributed by atoms with Gasteiger partial charge in [0.05, 0.1) is 5.60 Å². The molecule has 0 radical (unpaired) electrons. The monoisotopic (exact) mass is 291 g/mol. The zero-order chi connectivity index (χ0) is 16.9. The number of hydrogen-bond acceptors (Lipinski definition) is 4. The Balaban J connectivity index is 0. The average molecular weight is 291 g/mol. The zero-order valence-electron chi connectivity index (χ0n) is 13.5. The standard InChI is InChI=1S/C8H14O4.C6H15NO/c1-4-8(5(2)3,6(9)10)7(11)12;1-5(2,7)6(3,4)8/h5H,4H2,1-3H3,(H,9,10)(H,11,12);8H,7H2,1-4H3. The van der Waals surface area contributed by atoms with Gasteiger partial charge in [0.25, 0.3) is 0 Å². The van der Waals surface area contributed by atoms with Gasteiger partial charge in [-0.25, -0.2) is 0 Å². The van der Waals surface area contributed by atoms with Gasteiger partial charge in [-0.2, -0.15) is 0 Å². The molecule has 0 amide bonds. The molecule has 6 nitrogen and oxygen atoms in total. The zero-order valence-corrected chi connectivity index (χ0v) is 13.5. The second-order valence-electron chi connectivity index (χ2n) is 6.37. The van der Waals surface area contributed by atoms with E-state index in [1.165, 1.54) is 0 Å². The lowest BCUT2D eigenvalue weighted by molar-refractivity contribution is -0.168. The second kappa shape index (κ2) is 7.04. The topological polar surface area (TPSA) is 121 Å². The normalized spacial score (nSPS) is 12.7. The molecule has 0 aliphatic heterocycles. The molecule has 0 spiro atoms. The number of rotatable bonds is 5. The van der Waals surface area contributed by atoms with E-state index < -0.39 is 34.4 Å². The molecule has 0 atom stereocenters. The number of carboxylic acids is 2. The minimum absolute atomic E-state index is 0.106. The van der Waals surface area contributed by atoms with Crippen molar-refractivity contribution < 1.29 is 24.9 Å². The Labute approximate surface area is 121 Å². The average Bonchev–Trinajstić information content (AvgIpc) is 2.14. The largest absolute Gasteiger partial charge is 0.480 e. The van der Waals surface area contributed by atoms with Crippen molar-refractivity contribution in [2.75, 3.05) is 0 Å². The number of hydrogen-bond donors (Lipinski definition) is 4. The van der Waals surface area contributed by atoms with E-state index in [0.717, 1.165) is 0 Å². The van der Waals surface area contributed by atoms with Gasteiger partial charge >= 0.3 is 11.9 Å². The van der Waals surface area contributed by atoms with Crippen molar-refractivity contribution in [3.05, 3.63) is 0 Å². The van der Waals surface area contributed by atoms with Crippen LogP contribution in [0.3, 0.4) is 0 Å². The molecule has 0 unspecified atom stereocenters. The summed E-state index contributed by atoms with van der Waals surface area (Å²) in [6, 6.07) is 0. The summed E-state index contributed by atoms with van der Waals surface area (Å²) in [5.74, 6) is -2.92. The van der Waals surface area contributed by atoms with Crippen LogP contribution in [0.2, 0.25) is 0 Å². The van der Waals surface area contributed by atoms with Crippen LogP contribution < -0.4 is 5.73 Å². The van der Waals surface area contributed by atoms with Crippen LogP contribution in [-0.2, 0) is 9.59 Å². The molecule has 20 heavy (non-hydrogen) atoms. The minimum Gasteiger partial charge on any atom is -0.480 e. The fourth-order valence-corrected chi connectivity index (χ4v) is 1.30. The fourth-order valence-electron chi connectivity index (χ4n) is 1.30. The Morgan fingerprint density at radius 1 is 1.05 bits per heavy atom. The highest BCUT2D eigenvalue weighted by molar-refractivity contribution is 5.98. The Kier molecular flexibility index (Phi) is 7.45. The first kappa shape index (κ1) is 21.2. The Morgan fingerprint density at radius 3 is 1.30 bits per heavy atom. The summed E-state index contributed by atoms with van der Waals surface area (Å²) in [6.07, 6.45) is 0.106. The number of nitrogens with two attached hydrogens (primary N) is 1. The summed E-state index contributed by atoms with van der Waals surface area (Å²) in [7, 11) is 0. The molecule has 0 aromatic heterocycles. The molecular weight excluding hydrogens is 262 g/mol. The third-order valence-corrected chi connectivity index (χ3v) is 3.88. The van der Waals surface area contributed by atoms with Gasteiger partial charge < -0.3 is 21.1 Å². The quantitative estimate of drug-likeness (QED) is 0.572. The van der Waals surface area contributed by atoms with E-state index in [0.29, 0.717) is 0 Å². The molecule has 0 saturated carbocycles. The van der Waals surface area contributed by atoms with Crippen molar-refractivity contribution in [2.24, 2.45) is 17.1 Å². The molecule has 0 fully saturated rings. The molecule has 6 heteroatoms. The van der Waals surface area contributed by atoms with E-state index in [-0.39, 0.29) is 6.42 Å². The first-order valence-corrected chi connectivity index (χ1v) is 6.62. The van der Waals surface area contributed by atoms with E-state index in [4.69, 9.17) is 15.9 Å². The van der Waals surface area contributed by atoms with E-state index in [2.05, 4.69) is 0 Å². The first-order chi connectivity index (χ1) is 8.64. The van der Waals surface area contributed by atoms with Crippen LogP contribution in [0.5, 0.6) is 0 Å². The third kappa shape index (κ3) is 5.09. The summed E-state index contributed by atoms with van der Waals surface area (Å²) < 4.78 is 0. The van der Waals surface area contributed by atoms with Crippen molar-refractivity contribution in [2.45, 2.75) is 66.0 Å². The second-order valence-corrected chi connectivity index (χ2v) is 6.37. The molecule has 0 saturated heterocycles. The summed E-state index contributed by atoms with van der Waals surface area (Å²) in [4.78, 5) is 21.5. The van der Waals surface area contributed by atoms with Crippen LogP contribution in [0.25, 0.3) is 0 Å². The lowest BCUT2D eigenvalue weighted by Crippen LogP contribution is -2.52. The van der Waals surface area contributed by atoms with Crippen molar-refractivity contribution in [1.29, 1.82) is 0 Å². The van der Waals surface area contributed by atoms with E-state index in [1.54, 1.807) is 48.5 Å². The Morgan fingerprint density at radius 2 is 1.30 bits per heavy atom. The number of aliphatic carboxylic acids is 2. The van der Waals surface area contributed by atoms with Gasteiger partial charge in [0.2, 0.25) is 0 Å². The maximum absolute atomic E-state index is 10.8. The van der Waals surface area contributed by atoms with Gasteiger partial charge in [-0.3, -0.25) is 9.59 Å². The molecule has 120 valence electrons. The maximum Gasteiger partial charge on any atom is 0.321 e. The van der Waals surface area contributed by atoms with Crippen molar-refractivity contribution >= 4 is 11.9 Å². The molecule has 5 N–H and O–H groups in total. The summed E-state index contributed by atoms with van der Waals surface area (Å²) in [6.45, 7) is 11.8. The molecule has 0 heterocycles. The molecule has 0 rings (SSSR count). The van der Waals surface area contributed by atoms with E-state index >= 15 is 0 Å². The fraction of sp³-hybridized carbons (Fsp3) is 0.857. The minimum atomic E-state index is -1.63. The lowest BCUT2D eigenvalue weighted by Gasteiger charge is -2.32. The first-order valence-electron chi connectivity index (χ1n) is 6.62. The van der Waals surface area contributed by atoms with Crippen molar-refractivity contribution in [1.82, 2.24) is 0 Å². The highest BCUT2D eigenvalue weighted by Gasteiger charge is 2.47. The summed E-state index contributed by atoms with van der Waals surface area (Å²) in [5, 5.41) is 26.8. The number of carbonyl (C=O) groups is 2. The van der Waals surface area contributed by atoms with Crippen LogP contribution in [0.1, 0.15) is 54.9 Å². The van der Waals surface area contributed by atoms with Gasteiger partial charge in [0.1, 0.15) is 0 Å². The molecule has 0 aromatic carbocycles. The summed E-state index contributed by atoms with van der Waals surface area (Å²) >= 11 is 0. The number of aliphatic hydroxyl groups is 1. The van der Waals surface area contributed by atoms with E-state index in [9.17, 15) is 14.7 Å². The van der Waals surface area contributed by atoms with Crippen LogP contribution in [0.15, 0.2) is 0 Å². The molecule has 0 aromatic rings. The smallest absolute Gasteiger partial charge is 0.321 e. The Bertz CT molecular complexity index is 310. The Hall–Kier alpha value is -1.14. The number of carboxylic acid groups (broad SMARTS) is 2. The van der Waals surface area contributed by atoms with Crippen molar-refractivity contribution in [3.63, 3.8) is 0 Å². The van der Waals surface area contributed by atoms with Crippen molar-refractivity contribution in [3.8, 4) is 0 Å². The predicted molar refractivity (Wildman–Crippen MR) is 77.4 cm³/mol. The van der Waals surface area contributed by atoms with Crippen LogP contribution in [0.4, 0.5) is 0 Å². The SMILES string of the molecule is CC(C)(N)C(C)(C)O.CCC(C(=O)O)(C(=O)O)C(C)C. The van der Waals surface area contributed by atoms with Gasteiger partial charge in [-0.15, -0.1) is 0 Å². The maximum atomic E-state index is 10.8. The third-order valence-electron chi connectivity index (χ3n) is 3.88. The van der Waals surface area contributed by atoms with Gasteiger partial charge in [0.15, 0.2) is 5.41 Å². The van der Waals surface area contributed by atoms with Crippen LogP contribution >= 0.6 is 0 Å². The van der Waals surface area contributed by atoms with Gasteiger partial charge in [-0.1, -0.05) is 20.8 Å².